The van der Waals surface area contributed by atoms with Crippen molar-refractivity contribution in [3.63, 3.8) is 0 Å². The van der Waals surface area contributed by atoms with E-state index in [4.69, 9.17) is 10.2 Å². The number of hydrogen-bond acceptors (Lipinski definition) is 3. The second-order valence-electron chi connectivity index (χ2n) is 3.54. The Balaban J connectivity index is 1.99. The Morgan fingerprint density at radius 1 is 1.29 bits per heavy atom. The van der Waals surface area contributed by atoms with Gasteiger partial charge >= 0.3 is 0 Å². The van der Waals surface area contributed by atoms with E-state index in [0.717, 1.165) is 37.6 Å². The van der Waals surface area contributed by atoms with Gasteiger partial charge in [-0.3, -0.25) is 0 Å². The monoisotopic (exact) mass is 196 g/mol. The zero-order chi connectivity index (χ0) is 10.2. The van der Waals surface area contributed by atoms with Gasteiger partial charge < -0.3 is 15.5 Å². The van der Waals surface area contributed by atoms with E-state index in [0.29, 0.717) is 0 Å². The van der Waals surface area contributed by atoms with Crippen LogP contribution in [0.4, 0.5) is 0 Å². The first-order valence-corrected chi connectivity index (χ1v) is 5.29. The van der Waals surface area contributed by atoms with Crippen LogP contribution in [0.25, 0.3) is 0 Å². The van der Waals surface area contributed by atoms with Crippen LogP contribution < -0.4 is 11.1 Å². The molecule has 1 heterocycles. The average Bonchev–Trinajstić information content (AvgIpc) is 2.58. The van der Waals surface area contributed by atoms with Crippen molar-refractivity contribution in [1.82, 2.24) is 5.32 Å². The third-order valence-electron chi connectivity index (χ3n) is 2.15. The molecule has 3 heteroatoms. The van der Waals surface area contributed by atoms with Gasteiger partial charge in [0.15, 0.2) is 0 Å². The topological polar surface area (TPSA) is 51.2 Å². The van der Waals surface area contributed by atoms with E-state index in [1.807, 2.05) is 19.1 Å². The third kappa shape index (κ3) is 4.44. The molecule has 0 aliphatic carbocycles. The van der Waals surface area contributed by atoms with Gasteiger partial charge in [-0.05, 0) is 45.0 Å². The molecule has 80 valence electrons. The summed E-state index contributed by atoms with van der Waals surface area (Å²) in [5.74, 6) is 1.99. The fourth-order valence-electron chi connectivity index (χ4n) is 1.36. The summed E-state index contributed by atoms with van der Waals surface area (Å²) < 4.78 is 5.43. The number of nitrogens with one attached hydrogen (secondary N) is 1. The SMILES string of the molecule is Cc1ccc(CNCCCCCN)o1. The van der Waals surface area contributed by atoms with Gasteiger partial charge in [0.05, 0.1) is 6.54 Å². The van der Waals surface area contributed by atoms with E-state index in [2.05, 4.69) is 5.32 Å². The van der Waals surface area contributed by atoms with E-state index >= 15 is 0 Å². The van der Waals surface area contributed by atoms with E-state index in [9.17, 15) is 0 Å². The first kappa shape index (κ1) is 11.3. The quantitative estimate of drug-likeness (QED) is 0.654. The summed E-state index contributed by atoms with van der Waals surface area (Å²) in [6.45, 7) is 4.64. The molecule has 0 atom stereocenters. The van der Waals surface area contributed by atoms with Gasteiger partial charge in [0.2, 0.25) is 0 Å². The highest BCUT2D eigenvalue weighted by atomic mass is 16.3. The Morgan fingerprint density at radius 3 is 2.79 bits per heavy atom. The number of unbranched alkanes of at least 4 members (excludes halogenated alkanes) is 2. The number of rotatable bonds is 7. The highest BCUT2D eigenvalue weighted by Crippen LogP contribution is 2.05. The summed E-state index contributed by atoms with van der Waals surface area (Å²) in [6, 6.07) is 4.01. The van der Waals surface area contributed by atoms with Crippen LogP contribution in [0.3, 0.4) is 0 Å². The third-order valence-corrected chi connectivity index (χ3v) is 2.15. The molecule has 0 spiro atoms. The second-order valence-corrected chi connectivity index (χ2v) is 3.54. The molecule has 3 nitrogen and oxygen atoms in total. The molecule has 1 rings (SSSR count). The van der Waals surface area contributed by atoms with E-state index in [-0.39, 0.29) is 0 Å². The molecule has 0 saturated heterocycles. The van der Waals surface area contributed by atoms with Crippen molar-refractivity contribution in [3.8, 4) is 0 Å². The summed E-state index contributed by atoms with van der Waals surface area (Å²) in [5.41, 5.74) is 5.40. The van der Waals surface area contributed by atoms with Crippen LogP contribution in [-0.4, -0.2) is 13.1 Å². The van der Waals surface area contributed by atoms with Gasteiger partial charge in [0.1, 0.15) is 11.5 Å². The van der Waals surface area contributed by atoms with Crippen LogP contribution in [-0.2, 0) is 6.54 Å². The van der Waals surface area contributed by atoms with E-state index in [1.165, 1.54) is 12.8 Å². The molecular formula is C11H20N2O. The summed E-state index contributed by atoms with van der Waals surface area (Å²) >= 11 is 0. The minimum atomic E-state index is 0.803. The Bertz CT molecular complexity index is 245. The smallest absolute Gasteiger partial charge is 0.117 e. The van der Waals surface area contributed by atoms with Crippen molar-refractivity contribution >= 4 is 0 Å². The van der Waals surface area contributed by atoms with Crippen LogP contribution in [0.5, 0.6) is 0 Å². The lowest BCUT2D eigenvalue weighted by atomic mass is 10.2. The Kier molecular flexibility index (Phi) is 5.33. The fourth-order valence-corrected chi connectivity index (χ4v) is 1.36. The maximum Gasteiger partial charge on any atom is 0.117 e. The first-order valence-electron chi connectivity index (χ1n) is 5.29. The van der Waals surface area contributed by atoms with Crippen LogP contribution in [0.2, 0.25) is 0 Å². The minimum Gasteiger partial charge on any atom is -0.465 e. The lowest BCUT2D eigenvalue weighted by molar-refractivity contribution is 0.458. The number of aryl methyl sites for hydroxylation is 1. The number of furan rings is 1. The Labute approximate surface area is 85.7 Å². The maximum atomic E-state index is 5.43. The van der Waals surface area contributed by atoms with Gasteiger partial charge in [-0.2, -0.15) is 0 Å². The highest BCUT2D eigenvalue weighted by Gasteiger charge is 1.96. The van der Waals surface area contributed by atoms with Crippen LogP contribution in [0.1, 0.15) is 30.8 Å². The summed E-state index contributed by atoms with van der Waals surface area (Å²) in [5, 5.41) is 3.34. The molecule has 14 heavy (non-hydrogen) atoms. The molecular weight excluding hydrogens is 176 g/mol. The van der Waals surface area contributed by atoms with E-state index < -0.39 is 0 Å². The number of nitrogens with two attached hydrogens (primary N) is 1. The summed E-state index contributed by atoms with van der Waals surface area (Å²) in [7, 11) is 0. The van der Waals surface area contributed by atoms with Crippen molar-refractivity contribution in [3.05, 3.63) is 23.7 Å². The zero-order valence-corrected chi connectivity index (χ0v) is 8.88. The van der Waals surface area contributed by atoms with Crippen molar-refractivity contribution in [2.45, 2.75) is 32.7 Å². The molecule has 0 aliphatic heterocycles. The molecule has 1 aromatic heterocycles. The fraction of sp³-hybridized carbons (Fsp3) is 0.636. The molecule has 0 bridgehead atoms. The van der Waals surface area contributed by atoms with Crippen molar-refractivity contribution in [1.29, 1.82) is 0 Å². The largest absolute Gasteiger partial charge is 0.465 e. The maximum absolute atomic E-state index is 5.43. The summed E-state index contributed by atoms with van der Waals surface area (Å²) in [4.78, 5) is 0. The lowest BCUT2D eigenvalue weighted by Gasteiger charge is -2.01. The highest BCUT2D eigenvalue weighted by molar-refractivity contribution is 5.04. The van der Waals surface area contributed by atoms with Crippen molar-refractivity contribution < 1.29 is 4.42 Å². The Hall–Kier alpha value is -0.800. The molecule has 1 aromatic rings. The molecule has 0 amide bonds. The standard InChI is InChI=1S/C11H20N2O/c1-10-5-6-11(14-10)9-13-8-4-2-3-7-12/h5-6,13H,2-4,7-9,12H2,1H3. The molecule has 3 N–H and O–H groups in total. The molecule has 0 fully saturated rings. The molecule has 0 radical (unpaired) electrons. The van der Waals surface area contributed by atoms with Gasteiger partial charge in [0, 0.05) is 0 Å². The normalized spacial score (nSPS) is 10.7. The second kappa shape index (κ2) is 6.62. The molecule has 0 aromatic carbocycles. The number of hydrogen-bond donors (Lipinski definition) is 2. The predicted octanol–water partition coefficient (Wildman–Crippen LogP) is 1.81. The Morgan fingerprint density at radius 2 is 2.14 bits per heavy atom. The molecule has 0 saturated carbocycles. The zero-order valence-electron chi connectivity index (χ0n) is 8.88. The minimum absolute atomic E-state index is 0.803. The van der Waals surface area contributed by atoms with Crippen LogP contribution >= 0.6 is 0 Å². The van der Waals surface area contributed by atoms with Gasteiger partial charge in [-0.15, -0.1) is 0 Å². The predicted molar refractivity (Wildman–Crippen MR) is 58.1 cm³/mol. The van der Waals surface area contributed by atoms with Gasteiger partial charge in [0.25, 0.3) is 0 Å². The van der Waals surface area contributed by atoms with Crippen LogP contribution in [0.15, 0.2) is 16.5 Å². The van der Waals surface area contributed by atoms with Gasteiger partial charge in [-0.25, -0.2) is 0 Å². The van der Waals surface area contributed by atoms with Crippen molar-refractivity contribution in [2.24, 2.45) is 5.73 Å². The van der Waals surface area contributed by atoms with Crippen molar-refractivity contribution in [2.75, 3.05) is 13.1 Å². The summed E-state index contributed by atoms with van der Waals surface area (Å²) in [6.07, 6.45) is 3.53. The van der Waals surface area contributed by atoms with E-state index in [1.54, 1.807) is 0 Å². The first-order chi connectivity index (χ1) is 6.83. The average molecular weight is 196 g/mol. The van der Waals surface area contributed by atoms with Crippen LogP contribution in [0, 0.1) is 6.92 Å². The van der Waals surface area contributed by atoms with Gasteiger partial charge in [-0.1, -0.05) is 6.42 Å². The lowest BCUT2D eigenvalue weighted by Crippen LogP contribution is -2.14. The molecule has 0 aliphatic rings. The molecule has 0 unspecified atom stereocenters.